The Morgan fingerprint density at radius 1 is 0.978 bits per heavy atom. The molecule has 4 aromatic rings. The van der Waals surface area contributed by atoms with Gasteiger partial charge in [0, 0.05) is 24.7 Å². The van der Waals surface area contributed by atoms with Crippen molar-refractivity contribution in [2.75, 3.05) is 19.8 Å². The second-order valence-electron chi connectivity index (χ2n) is 11.6. The fourth-order valence-electron chi connectivity index (χ4n) is 5.97. The standard InChI is InChI=1S/C37H35ClN2O6/c1-23-28(7-4-8-31(23)27-9-10-34-37(15-27)44-12-11-43-34)22-46-36-17-35(45-21-26-6-3-5-25(13-26)18-39)29(14-32(36)38)19-40-20-30(42)16-33(40)24(2)41/h3-10,13-15,17,30,33,41-42H,2,11-12,16,19-22H2,1H3/t30-,33-/m1/s1. The first-order valence-electron chi connectivity index (χ1n) is 15.1. The Morgan fingerprint density at radius 3 is 2.57 bits per heavy atom. The molecule has 2 atom stereocenters. The van der Waals surface area contributed by atoms with Crippen LogP contribution in [0.2, 0.25) is 5.02 Å². The van der Waals surface area contributed by atoms with Gasteiger partial charge in [0.1, 0.15) is 43.7 Å². The summed E-state index contributed by atoms with van der Waals surface area (Å²) in [6.07, 6.45) is -0.183. The maximum Gasteiger partial charge on any atom is 0.161 e. The Balaban J connectivity index is 1.25. The van der Waals surface area contributed by atoms with Gasteiger partial charge >= 0.3 is 0 Å². The Hall–Kier alpha value is -4.68. The lowest BCUT2D eigenvalue weighted by atomic mass is 9.96. The molecule has 2 N–H and O–H groups in total. The van der Waals surface area contributed by atoms with E-state index in [2.05, 4.69) is 25.6 Å². The molecule has 0 bridgehead atoms. The van der Waals surface area contributed by atoms with Crippen molar-refractivity contribution in [2.24, 2.45) is 0 Å². The molecule has 4 aromatic carbocycles. The van der Waals surface area contributed by atoms with Crippen LogP contribution >= 0.6 is 11.6 Å². The molecule has 2 aliphatic heterocycles. The number of likely N-dealkylation sites (tertiary alicyclic amines) is 1. The predicted molar refractivity (Wildman–Crippen MR) is 175 cm³/mol. The molecule has 0 amide bonds. The number of nitriles is 1. The van der Waals surface area contributed by atoms with Gasteiger partial charge in [-0.3, -0.25) is 4.90 Å². The number of benzene rings is 4. The van der Waals surface area contributed by atoms with Gasteiger partial charge in [0.05, 0.1) is 28.8 Å². The topological polar surface area (TPSA) is 104 Å². The summed E-state index contributed by atoms with van der Waals surface area (Å²) < 4.78 is 24.1. The maximum absolute atomic E-state index is 10.3. The number of rotatable bonds is 10. The number of fused-ring (bicyclic) bond motifs is 1. The highest BCUT2D eigenvalue weighted by Gasteiger charge is 2.33. The van der Waals surface area contributed by atoms with Gasteiger partial charge in [-0.15, -0.1) is 0 Å². The molecule has 0 spiro atoms. The zero-order valence-corrected chi connectivity index (χ0v) is 26.3. The fourth-order valence-corrected chi connectivity index (χ4v) is 6.22. The molecule has 8 nitrogen and oxygen atoms in total. The molecule has 0 aliphatic carbocycles. The van der Waals surface area contributed by atoms with E-state index >= 15 is 0 Å². The van der Waals surface area contributed by atoms with E-state index in [-0.39, 0.29) is 25.0 Å². The molecular formula is C37H35ClN2O6. The third-order valence-electron chi connectivity index (χ3n) is 8.39. The lowest BCUT2D eigenvalue weighted by molar-refractivity contribution is 0.170. The van der Waals surface area contributed by atoms with Crippen LogP contribution in [0.15, 0.2) is 85.1 Å². The van der Waals surface area contributed by atoms with Crippen LogP contribution in [-0.2, 0) is 19.8 Å². The average Bonchev–Trinajstić information content (AvgIpc) is 3.44. The van der Waals surface area contributed by atoms with Crippen molar-refractivity contribution in [3.63, 3.8) is 0 Å². The van der Waals surface area contributed by atoms with Gasteiger partial charge in [0.2, 0.25) is 0 Å². The number of hydrogen-bond donors (Lipinski definition) is 2. The van der Waals surface area contributed by atoms with Crippen molar-refractivity contribution in [1.82, 2.24) is 4.90 Å². The Kier molecular flexibility index (Phi) is 9.36. The number of ether oxygens (including phenoxy) is 4. The van der Waals surface area contributed by atoms with E-state index < -0.39 is 6.10 Å². The van der Waals surface area contributed by atoms with Gasteiger partial charge in [-0.1, -0.05) is 54.6 Å². The van der Waals surface area contributed by atoms with Gasteiger partial charge < -0.3 is 29.2 Å². The van der Waals surface area contributed by atoms with Crippen LogP contribution < -0.4 is 18.9 Å². The predicted octanol–water partition coefficient (Wildman–Crippen LogP) is 7.12. The van der Waals surface area contributed by atoms with E-state index in [9.17, 15) is 15.5 Å². The molecule has 0 unspecified atom stereocenters. The van der Waals surface area contributed by atoms with E-state index in [1.165, 1.54) is 0 Å². The summed E-state index contributed by atoms with van der Waals surface area (Å²) in [7, 11) is 0. The van der Waals surface area contributed by atoms with Gasteiger partial charge in [-0.25, -0.2) is 0 Å². The SMILES string of the molecule is C=C(O)[C@H]1C[C@@H](O)CN1Cc1cc(Cl)c(OCc2cccc(-c3ccc4c(c3)OCCO4)c2C)cc1OCc1cccc(C#N)c1. The first kappa shape index (κ1) is 31.3. The fraction of sp³-hybridized carbons (Fsp3) is 0.270. The number of aliphatic hydroxyl groups excluding tert-OH is 2. The lowest BCUT2D eigenvalue weighted by Crippen LogP contribution is -2.30. The number of hydrogen-bond acceptors (Lipinski definition) is 8. The smallest absolute Gasteiger partial charge is 0.161 e. The molecule has 46 heavy (non-hydrogen) atoms. The van der Waals surface area contributed by atoms with E-state index in [4.69, 9.17) is 30.5 Å². The van der Waals surface area contributed by atoms with Crippen LogP contribution in [0.4, 0.5) is 0 Å². The Bertz CT molecular complexity index is 1800. The quantitative estimate of drug-likeness (QED) is 0.177. The van der Waals surface area contributed by atoms with Crippen molar-refractivity contribution >= 4 is 11.6 Å². The maximum atomic E-state index is 10.3. The van der Waals surface area contributed by atoms with Crippen LogP contribution in [0.25, 0.3) is 11.1 Å². The summed E-state index contributed by atoms with van der Waals surface area (Å²) in [6, 6.07) is 24.7. The molecule has 236 valence electrons. The van der Waals surface area contributed by atoms with Crippen molar-refractivity contribution in [2.45, 2.75) is 45.2 Å². The third kappa shape index (κ3) is 6.92. The van der Waals surface area contributed by atoms with Crippen molar-refractivity contribution < 1.29 is 29.2 Å². The van der Waals surface area contributed by atoms with Crippen LogP contribution in [0, 0.1) is 18.3 Å². The Labute approximate surface area is 273 Å². The van der Waals surface area contributed by atoms with E-state index in [1.54, 1.807) is 24.3 Å². The molecule has 0 radical (unpaired) electrons. The number of β-amino-alcohol motifs (C(OH)–C–C–N with tert-alkyl or cyclic N) is 1. The first-order valence-corrected chi connectivity index (χ1v) is 15.5. The molecule has 0 aromatic heterocycles. The highest BCUT2D eigenvalue weighted by atomic mass is 35.5. The zero-order valence-electron chi connectivity index (χ0n) is 25.5. The summed E-state index contributed by atoms with van der Waals surface area (Å²) in [4.78, 5) is 1.95. The largest absolute Gasteiger partial charge is 0.511 e. The lowest BCUT2D eigenvalue weighted by Gasteiger charge is -2.25. The molecule has 2 heterocycles. The molecule has 9 heteroatoms. The second kappa shape index (κ2) is 13.8. The van der Waals surface area contributed by atoms with Crippen LogP contribution in [0.5, 0.6) is 23.0 Å². The minimum Gasteiger partial charge on any atom is -0.511 e. The number of halogens is 1. The van der Waals surface area contributed by atoms with E-state index in [0.717, 1.165) is 44.9 Å². The monoisotopic (exact) mass is 638 g/mol. The molecule has 2 aliphatic rings. The number of aliphatic hydroxyl groups is 2. The Morgan fingerprint density at radius 2 is 1.76 bits per heavy atom. The van der Waals surface area contributed by atoms with Crippen LogP contribution in [0.3, 0.4) is 0 Å². The van der Waals surface area contributed by atoms with E-state index in [1.807, 2.05) is 47.4 Å². The summed E-state index contributed by atoms with van der Waals surface area (Å²) in [6.45, 7) is 8.08. The third-order valence-corrected chi connectivity index (χ3v) is 8.68. The van der Waals surface area contributed by atoms with Crippen molar-refractivity contribution in [1.29, 1.82) is 5.26 Å². The first-order chi connectivity index (χ1) is 22.3. The molecule has 0 saturated carbocycles. The summed E-state index contributed by atoms with van der Waals surface area (Å²) in [5, 5.41) is 30.2. The zero-order chi connectivity index (χ0) is 32.2. The summed E-state index contributed by atoms with van der Waals surface area (Å²) in [5.41, 5.74) is 6.32. The van der Waals surface area contributed by atoms with E-state index in [0.29, 0.717) is 54.8 Å². The minimum absolute atomic E-state index is 0.00670. The van der Waals surface area contributed by atoms with Crippen LogP contribution in [-0.4, -0.2) is 47.0 Å². The van der Waals surface area contributed by atoms with Gasteiger partial charge in [0.15, 0.2) is 11.5 Å². The normalized spacial score (nSPS) is 17.3. The highest BCUT2D eigenvalue weighted by Crippen LogP contribution is 2.38. The van der Waals surface area contributed by atoms with Gasteiger partial charge in [-0.05, 0) is 71.5 Å². The number of nitrogens with zero attached hydrogens (tertiary/aromatic N) is 2. The molecule has 6 rings (SSSR count). The van der Waals surface area contributed by atoms with Crippen molar-refractivity contribution in [3.8, 4) is 40.2 Å². The average molecular weight is 639 g/mol. The summed E-state index contributed by atoms with van der Waals surface area (Å²) in [5.74, 6) is 2.50. The van der Waals surface area contributed by atoms with Gasteiger partial charge in [0.25, 0.3) is 0 Å². The summed E-state index contributed by atoms with van der Waals surface area (Å²) >= 11 is 6.79. The highest BCUT2D eigenvalue weighted by molar-refractivity contribution is 6.32. The molecule has 1 fully saturated rings. The van der Waals surface area contributed by atoms with Crippen LogP contribution in [0.1, 0.15) is 34.2 Å². The minimum atomic E-state index is -0.578. The van der Waals surface area contributed by atoms with Crippen molar-refractivity contribution in [3.05, 3.63) is 118 Å². The molecular weight excluding hydrogens is 604 g/mol. The molecule has 1 saturated heterocycles. The second-order valence-corrected chi connectivity index (χ2v) is 12.0. The van der Waals surface area contributed by atoms with Gasteiger partial charge in [-0.2, -0.15) is 5.26 Å².